The van der Waals surface area contributed by atoms with Crippen LogP contribution in [0.4, 0.5) is 0 Å². The summed E-state index contributed by atoms with van der Waals surface area (Å²) in [5.41, 5.74) is 2.47. The van der Waals surface area contributed by atoms with Crippen LogP contribution in [0.3, 0.4) is 0 Å². The average Bonchev–Trinajstić information content (AvgIpc) is 3.59. The summed E-state index contributed by atoms with van der Waals surface area (Å²) in [6.45, 7) is 0.779. The minimum atomic E-state index is 0.218. The number of hydrogen-bond donors (Lipinski definition) is 0. The number of rotatable bonds is 11. The van der Waals surface area contributed by atoms with Gasteiger partial charge in [-0.3, -0.25) is 9.78 Å². The molecule has 1 amide bonds. The van der Waals surface area contributed by atoms with Crippen LogP contribution < -0.4 is 9.47 Å². The van der Waals surface area contributed by atoms with Gasteiger partial charge in [0.15, 0.2) is 11.5 Å². The number of aromatic nitrogens is 1. The number of carbonyl (C=O) groups is 1. The summed E-state index contributed by atoms with van der Waals surface area (Å²) in [5.74, 6) is 2.92. The van der Waals surface area contributed by atoms with E-state index in [4.69, 9.17) is 9.47 Å². The molecule has 156 valence electrons. The van der Waals surface area contributed by atoms with Crippen molar-refractivity contribution in [1.29, 1.82) is 0 Å². The zero-order valence-electron chi connectivity index (χ0n) is 17.8. The number of benzene rings is 1. The highest BCUT2D eigenvalue weighted by Crippen LogP contribution is 2.46. The normalized spacial score (nSPS) is 14.3. The van der Waals surface area contributed by atoms with Crippen molar-refractivity contribution >= 4 is 5.91 Å². The smallest absolute Gasteiger partial charge is 0.222 e. The summed E-state index contributed by atoms with van der Waals surface area (Å²) in [4.78, 5) is 18.5. The molecule has 1 aliphatic carbocycles. The topological polar surface area (TPSA) is 51.7 Å². The van der Waals surface area contributed by atoms with Gasteiger partial charge in [0.25, 0.3) is 0 Å². The molecule has 1 unspecified atom stereocenters. The number of ether oxygens (including phenoxy) is 2. The van der Waals surface area contributed by atoms with Crippen LogP contribution in [-0.4, -0.2) is 43.6 Å². The van der Waals surface area contributed by atoms with E-state index < -0.39 is 0 Å². The maximum atomic E-state index is 12.5. The quantitative estimate of drug-likeness (QED) is 0.563. The summed E-state index contributed by atoms with van der Waals surface area (Å²) < 4.78 is 10.8. The van der Waals surface area contributed by atoms with Gasteiger partial charge in [-0.2, -0.15) is 0 Å². The largest absolute Gasteiger partial charge is 0.493 e. The molecule has 0 aliphatic heterocycles. The van der Waals surface area contributed by atoms with E-state index >= 15 is 0 Å². The van der Waals surface area contributed by atoms with Crippen molar-refractivity contribution in [3.63, 3.8) is 0 Å². The van der Waals surface area contributed by atoms with Gasteiger partial charge in [0.05, 0.1) is 14.2 Å². The van der Waals surface area contributed by atoms with E-state index in [1.165, 1.54) is 24.0 Å². The number of nitrogens with zero attached hydrogens (tertiary/aromatic N) is 2. The minimum Gasteiger partial charge on any atom is -0.493 e. The van der Waals surface area contributed by atoms with Gasteiger partial charge in [0, 0.05) is 32.4 Å². The number of aryl methyl sites for hydroxylation is 1. The molecule has 0 N–H and O–H groups in total. The van der Waals surface area contributed by atoms with E-state index in [9.17, 15) is 4.79 Å². The molecular weight excluding hydrogens is 364 g/mol. The van der Waals surface area contributed by atoms with Crippen molar-refractivity contribution in [1.82, 2.24) is 9.88 Å². The van der Waals surface area contributed by atoms with E-state index in [0.29, 0.717) is 18.3 Å². The Morgan fingerprint density at radius 1 is 1.21 bits per heavy atom. The van der Waals surface area contributed by atoms with Crippen LogP contribution in [0.5, 0.6) is 11.5 Å². The summed E-state index contributed by atoms with van der Waals surface area (Å²) >= 11 is 0. The highest BCUT2D eigenvalue weighted by molar-refractivity contribution is 5.75. The number of amides is 1. The molecule has 1 heterocycles. The third-order valence-electron chi connectivity index (χ3n) is 5.81. The van der Waals surface area contributed by atoms with Crippen molar-refractivity contribution in [3.8, 4) is 11.5 Å². The molecule has 29 heavy (non-hydrogen) atoms. The third kappa shape index (κ3) is 5.96. The summed E-state index contributed by atoms with van der Waals surface area (Å²) in [7, 11) is 5.25. The second-order valence-electron chi connectivity index (χ2n) is 7.88. The first kappa shape index (κ1) is 21.2. The molecule has 1 saturated carbocycles. The first-order valence-corrected chi connectivity index (χ1v) is 10.5. The monoisotopic (exact) mass is 396 g/mol. The Labute approximate surface area is 174 Å². The Balaban J connectivity index is 1.51. The number of carbonyl (C=O) groups excluding carboxylic acids is 1. The summed E-state index contributed by atoms with van der Waals surface area (Å²) in [6, 6.07) is 10.2. The van der Waals surface area contributed by atoms with Crippen molar-refractivity contribution in [3.05, 3.63) is 53.9 Å². The molecule has 0 saturated heterocycles. The van der Waals surface area contributed by atoms with Crippen molar-refractivity contribution in [2.75, 3.05) is 27.8 Å². The van der Waals surface area contributed by atoms with Gasteiger partial charge in [0.1, 0.15) is 0 Å². The molecule has 1 fully saturated rings. The summed E-state index contributed by atoms with van der Waals surface area (Å²) in [6.07, 6.45) is 9.49. The van der Waals surface area contributed by atoms with Gasteiger partial charge < -0.3 is 14.4 Å². The minimum absolute atomic E-state index is 0.218. The predicted molar refractivity (Wildman–Crippen MR) is 114 cm³/mol. The second kappa shape index (κ2) is 10.3. The van der Waals surface area contributed by atoms with Gasteiger partial charge in [-0.05, 0) is 73.3 Å². The third-order valence-corrected chi connectivity index (χ3v) is 5.81. The van der Waals surface area contributed by atoms with Crippen LogP contribution in [0.25, 0.3) is 0 Å². The summed E-state index contributed by atoms with van der Waals surface area (Å²) in [5, 5.41) is 0. The van der Waals surface area contributed by atoms with Gasteiger partial charge in [0.2, 0.25) is 5.91 Å². The lowest BCUT2D eigenvalue weighted by Crippen LogP contribution is -2.28. The lowest BCUT2D eigenvalue weighted by atomic mass is 9.90. The van der Waals surface area contributed by atoms with Crippen molar-refractivity contribution < 1.29 is 14.3 Å². The molecule has 2 aromatic rings. The molecule has 1 aliphatic rings. The second-order valence-corrected chi connectivity index (χ2v) is 7.88. The molecule has 0 spiro atoms. The molecule has 1 aromatic carbocycles. The Morgan fingerprint density at radius 2 is 2.00 bits per heavy atom. The number of hydrogen-bond acceptors (Lipinski definition) is 4. The zero-order valence-corrected chi connectivity index (χ0v) is 17.8. The van der Waals surface area contributed by atoms with Crippen molar-refractivity contribution in [2.45, 2.75) is 44.4 Å². The zero-order chi connectivity index (χ0) is 20.6. The molecule has 5 nitrogen and oxygen atoms in total. The van der Waals surface area contributed by atoms with E-state index in [0.717, 1.165) is 37.3 Å². The average molecular weight is 397 g/mol. The standard InChI is InChI=1S/C24H32N2O3/c1-26(24(27)8-4-6-18-7-5-14-25-17-18)15-13-21(19-9-10-19)20-11-12-22(28-2)23(16-20)29-3/h5,7,11-12,14,16-17,19,21H,4,6,8-10,13,15H2,1-3H3. The fourth-order valence-corrected chi connectivity index (χ4v) is 3.89. The molecule has 0 radical (unpaired) electrons. The van der Waals surface area contributed by atoms with Crippen LogP contribution in [-0.2, 0) is 11.2 Å². The van der Waals surface area contributed by atoms with E-state index in [1.54, 1.807) is 20.4 Å². The van der Waals surface area contributed by atoms with Gasteiger partial charge in [-0.15, -0.1) is 0 Å². The molecular formula is C24H32N2O3. The van der Waals surface area contributed by atoms with E-state index in [-0.39, 0.29) is 5.91 Å². The van der Waals surface area contributed by atoms with Crippen LogP contribution in [0.15, 0.2) is 42.7 Å². The highest BCUT2D eigenvalue weighted by atomic mass is 16.5. The maximum Gasteiger partial charge on any atom is 0.222 e. The molecule has 0 bridgehead atoms. The Morgan fingerprint density at radius 3 is 2.66 bits per heavy atom. The predicted octanol–water partition coefficient (Wildman–Crippen LogP) is 4.46. The molecule has 5 heteroatoms. The Kier molecular flexibility index (Phi) is 7.50. The lowest BCUT2D eigenvalue weighted by Gasteiger charge is -2.23. The Hall–Kier alpha value is -2.56. The van der Waals surface area contributed by atoms with E-state index in [1.807, 2.05) is 30.3 Å². The number of methoxy groups -OCH3 is 2. The van der Waals surface area contributed by atoms with Crippen LogP contribution >= 0.6 is 0 Å². The molecule has 1 aromatic heterocycles. The SMILES string of the molecule is COc1ccc(C(CCN(C)C(=O)CCCc2cccnc2)C2CC2)cc1OC. The van der Waals surface area contributed by atoms with Crippen LogP contribution in [0, 0.1) is 5.92 Å². The lowest BCUT2D eigenvalue weighted by molar-refractivity contribution is -0.130. The fraction of sp³-hybridized carbons (Fsp3) is 0.500. The molecule has 3 rings (SSSR count). The first-order chi connectivity index (χ1) is 14.1. The van der Waals surface area contributed by atoms with Gasteiger partial charge >= 0.3 is 0 Å². The number of pyridine rings is 1. The van der Waals surface area contributed by atoms with E-state index in [2.05, 4.69) is 23.2 Å². The molecule has 1 atom stereocenters. The Bertz CT molecular complexity index is 790. The first-order valence-electron chi connectivity index (χ1n) is 10.5. The van der Waals surface area contributed by atoms with Gasteiger partial charge in [-0.1, -0.05) is 12.1 Å². The fourth-order valence-electron chi connectivity index (χ4n) is 3.89. The maximum absolute atomic E-state index is 12.5. The van der Waals surface area contributed by atoms with Crippen LogP contribution in [0.1, 0.15) is 49.1 Å². The van der Waals surface area contributed by atoms with Crippen molar-refractivity contribution in [2.24, 2.45) is 5.92 Å². The van der Waals surface area contributed by atoms with Gasteiger partial charge in [-0.25, -0.2) is 0 Å². The highest BCUT2D eigenvalue weighted by Gasteiger charge is 2.32. The van der Waals surface area contributed by atoms with Crippen LogP contribution in [0.2, 0.25) is 0 Å².